The normalized spacial score (nSPS) is 12.0. The Bertz CT molecular complexity index is 240. The Morgan fingerprint density at radius 2 is 0.833 bits per heavy atom. The van der Waals surface area contributed by atoms with E-state index in [-0.39, 0.29) is 0 Å². The number of nitrogens with zero attached hydrogens (tertiary/aromatic N) is 1. The van der Waals surface area contributed by atoms with Crippen molar-refractivity contribution in [2.45, 2.75) is 110 Å². The number of hydrogen-bond acceptors (Lipinski definition) is 0. The molecule has 0 fully saturated rings. The van der Waals surface area contributed by atoms with Crippen molar-refractivity contribution in [1.29, 1.82) is 0 Å². The van der Waals surface area contributed by atoms with Crippen LogP contribution in [-0.2, 0) is 0 Å². The van der Waals surface area contributed by atoms with Gasteiger partial charge in [-0.05, 0) is 12.8 Å². The van der Waals surface area contributed by atoms with Gasteiger partial charge in [0.25, 0.3) is 0 Å². The Morgan fingerprint density at radius 3 is 1.17 bits per heavy atom. The molecule has 0 saturated carbocycles. The standard InChI is InChI=1S/C22H47BrN/c1-4-5-6-7-8-9-10-11-12-13-14-15-16-17-18-19-21-24(2,3)22-20-23/h4-22H2,1-3H3/q+1. The van der Waals surface area contributed by atoms with Gasteiger partial charge in [-0.3, -0.25) is 0 Å². The fourth-order valence-electron chi connectivity index (χ4n) is 3.43. The lowest BCUT2D eigenvalue weighted by molar-refractivity contribution is -0.887. The highest BCUT2D eigenvalue weighted by Gasteiger charge is 2.12. The molecule has 0 aliphatic heterocycles. The predicted molar refractivity (Wildman–Crippen MR) is 115 cm³/mol. The molecular weight excluding hydrogens is 358 g/mol. The van der Waals surface area contributed by atoms with Gasteiger partial charge in [0.1, 0.15) is 0 Å². The summed E-state index contributed by atoms with van der Waals surface area (Å²) in [4.78, 5) is 0. The van der Waals surface area contributed by atoms with Crippen LogP contribution in [0.15, 0.2) is 0 Å². The molecule has 0 heterocycles. The molecule has 0 aromatic heterocycles. The second kappa shape index (κ2) is 18.2. The largest absolute Gasteiger partial charge is 0.328 e. The number of rotatable bonds is 19. The minimum absolute atomic E-state index is 1.12. The van der Waals surface area contributed by atoms with Gasteiger partial charge in [-0.2, -0.15) is 0 Å². The molecule has 2 heteroatoms. The summed E-state index contributed by atoms with van der Waals surface area (Å²) >= 11 is 3.56. The average molecular weight is 406 g/mol. The third-order valence-corrected chi connectivity index (χ3v) is 5.66. The SMILES string of the molecule is CCCCCCCCCCCCCCCCCC[N+](C)(C)CCBr. The van der Waals surface area contributed by atoms with E-state index in [0.29, 0.717) is 0 Å². The summed E-state index contributed by atoms with van der Waals surface area (Å²) in [5, 5.41) is 1.12. The topological polar surface area (TPSA) is 0 Å². The van der Waals surface area contributed by atoms with Crippen LogP contribution < -0.4 is 0 Å². The summed E-state index contributed by atoms with van der Waals surface area (Å²) in [7, 11) is 4.71. The van der Waals surface area contributed by atoms with E-state index in [4.69, 9.17) is 0 Å². The van der Waals surface area contributed by atoms with Crippen LogP contribution in [0, 0.1) is 0 Å². The molecule has 0 rings (SSSR count). The van der Waals surface area contributed by atoms with Crippen LogP contribution in [-0.4, -0.2) is 37.0 Å². The first kappa shape index (κ1) is 24.4. The highest BCUT2D eigenvalue weighted by atomic mass is 79.9. The summed E-state index contributed by atoms with van der Waals surface area (Å²) in [6, 6.07) is 0. The second-order valence-electron chi connectivity index (χ2n) is 8.38. The van der Waals surface area contributed by atoms with Gasteiger partial charge >= 0.3 is 0 Å². The van der Waals surface area contributed by atoms with Crippen LogP contribution in [0.25, 0.3) is 0 Å². The van der Waals surface area contributed by atoms with Crippen molar-refractivity contribution in [2.75, 3.05) is 32.5 Å². The third kappa shape index (κ3) is 18.8. The van der Waals surface area contributed by atoms with Crippen LogP contribution in [0.4, 0.5) is 0 Å². The van der Waals surface area contributed by atoms with Crippen molar-refractivity contribution in [3.05, 3.63) is 0 Å². The summed E-state index contributed by atoms with van der Waals surface area (Å²) in [6.45, 7) is 4.88. The molecule has 0 aliphatic rings. The van der Waals surface area contributed by atoms with Crippen molar-refractivity contribution in [2.24, 2.45) is 0 Å². The van der Waals surface area contributed by atoms with E-state index in [2.05, 4.69) is 36.9 Å². The van der Waals surface area contributed by atoms with Gasteiger partial charge in [0.15, 0.2) is 0 Å². The molecule has 1 nitrogen and oxygen atoms in total. The van der Waals surface area contributed by atoms with Gasteiger partial charge in [-0.25, -0.2) is 0 Å². The first-order valence-electron chi connectivity index (χ1n) is 11.0. The zero-order valence-corrected chi connectivity index (χ0v) is 18.8. The molecular formula is C22H47BrN+. The number of quaternary nitrogens is 1. The fourth-order valence-corrected chi connectivity index (χ4v) is 4.39. The van der Waals surface area contributed by atoms with Crippen LogP contribution >= 0.6 is 15.9 Å². The predicted octanol–water partition coefficient (Wildman–Crippen LogP) is 7.72. The Balaban J connectivity index is 3.10. The molecule has 0 bridgehead atoms. The highest BCUT2D eigenvalue weighted by molar-refractivity contribution is 9.09. The maximum Gasteiger partial charge on any atom is 0.0880 e. The van der Waals surface area contributed by atoms with Crippen molar-refractivity contribution in [3.8, 4) is 0 Å². The first-order valence-corrected chi connectivity index (χ1v) is 12.1. The van der Waals surface area contributed by atoms with E-state index in [1.807, 2.05) is 0 Å². The highest BCUT2D eigenvalue weighted by Crippen LogP contribution is 2.14. The van der Waals surface area contributed by atoms with Gasteiger partial charge in [0.2, 0.25) is 0 Å². The molecule has 0 unspecified atom stereocenters. The molecule has 146 valence electrons. The zero-order chi connectivity index (χ0) is 17.9. The summed E-state index contributed by atoms with van der Waals surface area (Å²) in [6.07, 6.45) is 23.3. The molecule has 0 amide bonds. The molecule has 24 heavy (non-hydrogen) atoms. The van der Waals surface area contributed by atoms with E-state index in [1.165, 1.54) is 120 Å². The van der Waals surface area contributed by atoms with Gasteiger partial charge < -0.3 is 4.48 Å². The maximum atomic E-state index is 3.56. The van der Waals surface area contributed by atoms with E-state index in [9.17, 15) is 0 Å². The second-order valence-corrected chi connectivity index (χ2v) is 9.17. The number of halogens is 1. The summed E-state index contributed by atoms with van der Waals surface area (Å²) in [5.41, 5.74) is 0. The summed E-state index contributed by atoms with van der Waals surface area (Å²) < 4.78 is 1.17. The monoisotopic (exact) mass is 404 g/mol. The van der Waals surface area contributed by atoms with Crippen LogP contribution in [0.3, 0.4) is 0 Å². The zero-order valence-electron chi connectivity index (χ0n) is 17.3. The fraction of sp³-hybridized carbons (Fsp3) is 1.00. The first-order chi connectivity index (χ1) is 11.6. The lowest BCUT2D eigenvalue weighted by Gasteiger charge is -2.29. The molecule has 0 saturated heterocycles. The van der Waals surface area contributed by atoms with E-state index >= 15 is 0 Å². The Morgan fingerprint density at radius 1 is 0.500 bits per heavy atom. The number of hydrogen-bond donors (Lipinski definition) is 0. The molecule has 0 atom stereocenters. The van der Waals surface area contributed by atoms with Crippen LogP contribution in [0.1, 0.15) is 110 Å². The lowest BCUT2D eigenvalue weighted by Crippen LogP contribution is -2.41. The maximum absolute atomic E-state index is 3.56. The van der Waals surface area contributed by atoms with Gasteiger partial charge in [-0.1, -0.05) is 113 Å². The van der Waals surface area contributed by atoms with Crippen molar-refractivity contribution in [1.82, 2.24) is 0 Å². The molecule has 0 aromatic carbocycles. The van der Waals surface area contributed by atoms with Crippen LogP contribution in [0.5, 0.6) is 0 Å². The smallest absolute Gasteiger partial charge is 0.0880 e. The van der Waals surface area contributed by atoms with E-state index in [1.54, 1.807) is 0 Å². The Hall–Kier alpha value is 0.440. The molecule has 0 aromatic rings. The summed E-state index contributed by atoms with van der Waals surface area (Å²) in [5.74, 6) is 0. The molecule has 0 radical (unpaired) electrons. The van der Waals surface area contributed by atoms with Crippen molar-refractivity contribution >= 4 is 15.9 Å². The molecule has 0 spiro atoms. The Kier molecular flexibility index (Phi) is 18.6. The number of unbranched alkanes of at least 4 members (excludes halogenated alkanes) is 15. The van der Waals surface area contributed by atoms with Gasteiger partial charge in [0.05, 0.1) is 32.5 Å². The van der Waals surface area contributed by atoms with Crippen molar-refractivity contribution in [3.63, 3.8) is 0 Å². The van der Waals surface area contributed by atoms with Crippen LogP contribution in [0.2, 0.25) is 0 Å². The molecule has 0 N–H and O–H groups in total. The van der Waals surface area contributed by atoms with Gasteiger partial charge in [0, 0.05) is 0 Å². The van der Waals surface area contributed by atoms with E-state index < -0.39 is 0 Å². The third-order valence-electron chi connectivity index (χ3n) is 5.31. The van der Waals surface area contributed by atoms with E-state index in [0.717, 1.165) is 5.33 Å². The number of alkyl halides is 1. The minimum atomic E-state index is 1.12. The minimum Gasteiger partial charge on any atom is -0.328 e. The van der Waals surface area contributed by atoms with Gasteiger partial charge in [-0.15, -0.1) is 0 Å². The quantitative estimate of drug-likeness (QED) is 0.117. The average Bonchev–Trinajstić information content (AvgIpc) is 2.54. The van der Waals surface area contributed by atoms with Crippen molar-refractivity contribution < 1.29 is 4.48 Å². The molecule has 0 aliphatic carbocycles. The Labute approximate surface area is 162 Å². The lowest BCUT2D eigenvalue weighted by atomic mass is 10.0.